The fourth-order valence-corrected chi connectivity index (χ4v) is 5.46. The predicted molar refractivity (Wildman–Crippen MR) is 148 cm³/mol. The smallest absolute Gasteiger partial charge is 0.460 e. The fourth-order valence-electron chi connectivity index (χ4n) is 5.46. The second-order valence-corrected chi connectivity index (χ2v) is 12.8. The molecule has 1 atom stereocenters. The summed E-state index contributed by atoms with van der Waals surface area (Å²) < 4.78 is 24.8. The number of unbranched alkanes of at least 4 members (excludes halogenated alkanes) is 2. The minimum absolute atomic E-state index is 0.0549. The number of nitrogens with one attached hydrogen (secondary N) is 1. The van der Waals surface area contributed by atoms with E-state index in [-0.39, 0.29) is 12.2 Å². The Morgan fingerprint density at radius 1 is 1.14 bits per heavy atom. The zero-order valence-corrected chi connectivity index (χ0v) is 24.3. The average Bonchev–Trinajstić information content (AvgIpc) is 3.29. The van der Waals surface area contributed by atoms with Crippen LogP contribution in [0.2, 0.25) is 0 Å². The van der Waals surface area contributed by atoms with Gasteiger partial charge in [-0.1, -0.05) is 6.42 Å². The van der Waals surface area contributed by atoms with Gasteiger partial charge in [-0.15, -0.1) is 0 Å². The van der Waals surface area contributed by atoms with Crippen molar-refractivity contribution in [1.82, 2.24) is 5.43 Å². The maximum absolute atomic E-state index is 12.1. The highest BCUT2D eigenvalue weighted by molar-refractivity contribution is 6.63. The summed E-state index contributed by atoms with van der Waals surface area (Å²) in [5.74, 6) is -0.116. The molecule has 0 bridgehead atoms. The lowest BCUT2D eigenvalue weighted by molar-refractivity contribution is -0.154. The number of hydrogen-bond donors (Lipinski definition) is 1. The first-order chi connectivity index (χ1) is 17.3. The van der Waals surface area contributed by atoms with Crippen molar-refractivity contribution in [2.24, 2.45) is 0 Å². The van der Waals surface area contributed by atoms with Gasteiger partial charge in [0.2, 0.25) is 0 Å². The predicted octanol–water partition coefficient (Wildman–Crippen LogP) is 5.09. The second kappa shape index (κ2) is 10.9. The fraction of sp³-hybridized carbons (Fsp3) is 0.759. The van der Waals surface area contributed by atoms with Gasteiger partial charge in [0.1, 0.15) is 11.8 Å². The Bertz CT molecular complexity index is 965. The largest absolute Gasteiger partial charge is 0.495 e. The van der Waals surface area contributed by atoms with Gasteiger partial charge in [-0.2, -0.15) is 0 Å². The Morgan fingerprint density at radius 2 is 1.84 bits per heavy atom. The number of benzene rings is 1. The first kappa shape index (κ1) is 28.4. The lowest BCUT2D eigenvalue weighted by Gasteiger charge is -2.33. The monoisotopic (exact) mass is 514 g/mol. The molecule has 3 heterocycles. The van der Waals surface area contributed by atoms with E-state index >= 15 is 0 Å². The molecule has 1 N–H and O–H groups in total. The zero-order chi connectivity index (χ0) is 27.0. The molecule has 4 rings (SSSR count). The molecule has 0 amide bonds. The van der Waals surface area contributed by atoms with Gasteiger partial charge in [-0.3, -0.25) is 9.80 Å². The zero-order valence-electron chi connectivity index (χ0n) is 24.3. The van der Waals surface area contributed by atoms with Gasteiger partial charge in [0.05, 0.1) is 16.9 Å². The highest BCUT2D eigenvalue weighted by atomic mass is 16.7. The SMILES string of the molecule is Cc1cc2c(c(B3OC(C)(C)C(C)(C)O3)c1CCCCCC(=O)OC(C)(C)C)CNN2C1CCCCO1. The minimum Gasteiger partial charge on any atom is -0.460 e. The Morgan fingerprint density at radius 3 is 2.46 bits per heavy atom. The quantitative estimate of drug-likeness (QED) is 0.294. The van der Waals surface area contributed by atoms with Crippen molar-refractivity contribution in [3.63, 3.8) is 0 Å². The molecule has 3 aliphatic heterocycles. The third kappa shape index (κ3) is 6.35. The molecule has 0 spiro atoms. The number of hydrogen-bond acceptors (Lipinski definition) is 7. The number of carbonyl (C=O) groups excluding carboxylic acids is 1. The molecule has 37 heavy (non-hydrogen) atoms. The van der Waals surface area contributed by atoms with Crippen LogP contribution in [0.3, 0.4) is 0 Å². The van der Waals surface area contributed by atoms with E-state index in [0.29, 0.717) is 6.42 Å². The molecule has 7 nitrogen and oxygen atoms in total. The number of hydrazine groups is 1. The molecular weight excluding hydrogens is 467 g/mol. The van der Waals surface area contributed by atoms with E-state index in [1.54, 1.807) is 0 Å². The number of ether oxygens (including phenoxy) is 2. The average molecular weight is 515 g/mol. The van der Waals surface area contributed by atoms with Crippen LogP contribution in [-0.4, -0.2) is 42.7 Å². The molecule has 0 radical (unpaired) electrons. The minimum atomic E-state index is -0.430. The van der Waals surface area contributed by atoms with E-state index in [1.165, 1.54) is 34.3 Å². The molecule has 1 aromatic carbocycles. The maximum atomic E-state index is 12.1. The van der Waals surface area contributed by atoms with Crippen LogP contribution in [0, 0.1) is 6.92 Å². The van der Waals surface area contributed by atoms with Crippen molar-refractivity contribution in [3.05, 3.63) is 22.8 Å². The highest BCUT2D eigenvalue weighted by Crippen LogP contribution is 2.39. The van der Waals surface area contributed by atoms with Crippen LogP contribution in [0.4, 0.5) is 5.69 Å². The van der Waals surface area contributed by atoms with Crippen molar-refractivity contribution >= 4 is 24.2 Å². The first-order valence-electron chi connectivity index (χ1n) is 14.2. The van der Waals surface area contributed by atoms with Gasteiger partial charge in [0.25, 0.3) is 0 Å². The van der Waals surface area contributed by atoms with Crippen LogP contribution in [0.1, 0.15) is 110 Å². The summed E-state index contributed by atoms with van der Waals surface area (Å²) in [7, 11) is -0.413. The van der Waals surface area contributed by atoms with Crippen molar-refractivity contribution < 1.29 is 23.6 Å². The Labute approximate surface area is 224 Å². The molecule has 1 unspecified atom stereocenters. The van der Waals surface area contributed by atoms with Crippen LogP contribution in [-0.2, 0) is 36.5 Å². The van der Waals surface area contributed by atoms with Crippen molar-refractivity contribution in [1.29, 1.82) is 0 Å². The molecule has 1 aromatic rings. The van der Waals surface area contributed by atoms with Crippen molar-refractivity contribution in [2.45, 2.75) is 136 Å². The summed E-state index contributed by atoms with van der Waals surface area (Å²) in [5, 5.41) is 2.22. The molecule has 206 valence electrons. The van der Waals surface area contributed by atoms with Gasteiger partial charge >= 0.3 is 13.1 Å². The standard InChI is InChI=1S/C29H47BN2O5/c1-20-18-23-22(19-31-32(23)24-15-12-13-17-34-24)26(30-36-28(5,6)29(7,8)37-30)21(20)14-10-9-11-16-25(33)35-27(2,3)4/h18,24,31H,9-17,19H2,1-8H3. The lowest BCUT2D eigenvalue weighted by atomic mass is 9.70. The normalized spacial score (nSPS) is 22.9. The van der Waals surface area contributed by atoms with Gasteiger partial charge in [-0.05, 0) is 122 Å². The van der Waals surface area contributed by atoms with Gasteiger partial charge in [-0.25, -0.2) is 5.43 Å². The molecule has 0 aromatic heterocycles. The highest BCUT2D eigenvalue weighted by Gasteiger charge is 2.53. The summed E-state index contributed by atoms with van der Waals surface area (Å²) in [6.07, 6.45) is 7.58. The molecule has 3 aliphatic rings. The van der Waals surface area contributed by atoms with Crippen molar-refractivity contribution in [2.75, 3.05) is 11.6 Å². The lowest BCUT2D eigenvalue weighted by Crippen LogP contribution is -2.45. The summed E-state index contributed by atoms with van der Waals surface area (Å²) in [6.45, 7) is 17.9. The van der Waals surface area contributed by atoms with E-state index in [1.807, 2.05) is 20.8 Å². The molecular formula is C29H47BN2O5. The first-order valence-corrected chi connectivity index (χ1v) is 14.2. The maximum Gasteiger partial charge on any atom is 0.495 e. The Hall–Kier alpha value is -1.61. The third-order valence-electron chi connectivity index (χ3n) is 8.13. The number of esters is 1. The summed E-state index contributed by atoms with van der Waals surface area (Å²) >= 11 is 0. The van der Waals surface area contributed by atoms with Crippen LogP contribution in [0.25, 0.3) is 0 Å². The topological polar surface area (TPSA) is 69.3 Å². The van der Waals surface area contributed by atoms with E-state index in [0.717, 1.165) is 51.7 Å². The van der Waals surface area contributed by atoms with Gasteiger partial charge in [0.15, 0.2) is 0 Å². The van der Waals surface area contributed by atoms with Crippen LogP contribution < -0.4 is 15.9 Å². The van der Waals surface area contributed by atoms with E-state index in [9.17, 15) is 4.79 Å². The van der Waals surface area contributed by atoms with Gasteiger partial charge < -0.3 is 18.8 Å². The molecule has 2 saturated heterocycles. The third-order valence-corrected chi connectivity index (χ3v) is 8.13. The van der Waals surface area contributed by atoms with Crippen LogP contribution >= 0.6 is 0 Å². The summed E-state index contributed by atoms with van der Waals surface area (Å²) in [5.41, 5.74) is 8.53. The number of nitrogens with zero attached hydrogens (tertiary/aromatic N) is 1. The second-order valence-electron chi connectivity index (χ2n) is 12.8. The molecule has 0 saturated carbocycles. The van der Waals surface area contributed by atoms with Crippen molar-refractivity contribution in [3.8, 4) is 0 Å². The van der Waals surface area contributed by atoms with E-state index in [4.69, 9.17) is 18.8 Å². The molecule has 2 fully saturated rings. The number of fused-ring (bicyclic) bond motifs is 1. The Kier molecular flexibility index (Phi) is 8.35. The van der Waals surface area contributed by atoms with Crippen LogP contribution in [0.5, 0.6) is 0 Å². The summed E-state index contributed by atoms with van der Waals surface area (Å²) in [4.78, 5) is 12.1. The number of rotatable bonds is 8. The van der Waals surface area contributed by atoms with Gasteiger partial charge in [0, 0.05) is 19.6 Å². The summed E-state index contributed by atoms with van der Waals surface area (Å²) in [6, 6.07) is 2.30. The number of carbonyl (C=O) groups is 1. The van der Waals surface area contributed by atoms with E-state index < -0.39 is 23.9 Å². The van der Waals surface area contributed by atoms with E-state index in [2.05, 4.69) is 51.1 Å². The number of aryl methyl sites for hydroxylation is 1. The molecule has 0 aliphatic carbocycles. The Balaban J connectivity index is 1.54. The molecule has 8 heteroatoms. The van der Waals surface area contributed by atoms with Crippen LogP contribution in [0.15, 0.2) is 6.07 Å². The number of anilines is 1.